The van der Waals surface area contributed by atoms with E-state index in [0.717, 1.165) is 49.0 Å². The number of benzene rings is 1. The summed E-state index contributed by atoms with van der Waals surface area (Å²) in [4.78, 5) is 14.6. The molecule has 1 heterocycles. The Labute approximate surface area is 116 Å². The molecule has 2 rings (SSSR count). The lowest BCUT2D eigenvalue weighted by Gasteiger charge is -2.27. The van der Waals surface area contributed by atoms with Crippen LogP contribution in [0.25, 0.3) is 0 Å². The summed E-state index contributed by atoms with van der Waals surface area (Å²) >= 11 is 0. The van der Waals surface area contributed by atoms with Gasteiger partial charge in [-0.2, -0.15) is 0 Å². The summed E-state index contributed by atoms with van der Waals surface area (Å²) in [6, 6.07) is 6.46. The standard InChI is InChI=1S/C16H24N2O/c1-12-6-7-13(2)15(11-12)16(19)18(3)14-5-4-9-17-10-8-14/h6-7,11,14,17H,4-5,8-10H2,1-3H3. The van der Waals surface area contributed by atoms with E-state index in [1.165, 1.54) is 0 Å². The summed E-state index contributed by atoms with van der Waals surface area (Å²) in [5, 5.41) is 3.39. The summed E-state index contributed by atoms with van der Waals surface area (Å²) in [7, 11) is 1.94. The molecule has 19 heavy (non-hydrogen) atoms. The van der Waals surface area contributed by atoms with Crippen molar-refractivity contribution in [3.05, 3.63) is 34.9 Å². The minimum absolute atomic E-state index is 0.160. The predicted octanol–water partition coefficient (Wildman–Crippen LogP) is 2.52. The number of hydrogen-bond acceptors (Lipinski definition) is 2. The second kappa shape index (κ2) is 6.20. The van der Waals surface area contributed by atoms with Crippen LogP contribution in [0.1, 0.15) is 40.7 Å². The van der Waals surface area contributed by atoms with Crippen LogP contribution in [0, 0.1) is 13.8 Å². The van der Waals surface area contributed by atoms with E-state index in [0.29, 0.717) is 6.04 Å². The molecule has 1 saturated heterocycles. The molecule has 0 aromatic heterocycles. The van der Waals surface area contributed by atoms with Crippen LogP contribution in [0.15, 0.2) is 18.2 Å². The molecule has 0 radical (unpaired) electrons. The molecular weight excluding hydrogens is 236 g/mol. The van der Waals surface area contributed by atoms with Crippen LogP contribution in [-0.2, 0) is 0 Å². The molecule has 1 unspecified atom stereocenters. The zero-order valence-electron chi connectivity index (χ0n) is 12.2. The second-order valence-electron chi connectivity index (χ2n) is 5.57. The van der Waals surface area contributed by atoms with Crippen molar-refractivity contribution in [1.82, 2.24) is 10.2 Å². The van der Waals surface area contributed by atoms with E-state index >= 15 is 0 Å². The van der Waals surface area contributed by atoms with Crippen molar-refractivity contribution in [2.75, 3.05) is 20.1 Å². The van der Waals surface area contributed by atoms with Gasteiger partial charge in [0.25, 0.3) is 5.91 Å². The monoisotopic (exact) mass is 260 g/mol. The van der Waals surface area contributed by atoms with Crippen LogP contribution in [0.2, 0.25) is 0 Å². The van der Waals surface area contributed by atoms with Crippen LogP contribution < -0.4 is 5.32 Å². The molecule has 1 fully saturated rings. The van der Waals surface area contributed by atoms with Crippen LogP contribution >= 0.6 is 0 Å². The Balaban J connectivity index is 2.15. The Morgan fingerprint density at radius 2 is 2.05 bits per heavy atom. The van der Waals surface area contributed by atoms with Crippen molar-refractivity contribution in [3.63, 3.8) is 0 Å². The smallest absolute Gasteiger partial charge is 0.254 e. The first kappa shape index (κ1) is 14.1. The van der Waals surface area contributed by atoms with Gasteiger partial charge in [0.05, 0.1) is 0 Å². The summed E-state index contributed by atoms with van der Waals surface area (Å²) in [5.74, 6) is 0.160. The zero-order valence-corrected chi connectivity index (χ0v) is 12.2. The van der Waals surface area contributed by atoms with Gasteiger partial charge in [0, 0.05) is 18.7 Å². The Bertz CT molecular complexity index is 448. The number of nitrogens with one attached hydrogen (secondary N) is 1. The van der Waals surface area contributed by atoms with Crippen LogP contribution in [0.5, 0.6) is 0 Å². The van der Waals surface area contributed by atoms with Gasteiger partial charge >= 0.3 is 0 Å². The maximum absolute atomic E-state index is 12.6. The number of carbonyl (C=O) groups is 1. The fourth-order valence-electron chi connectivity index (χ4n) is 2.71. The first-order valence-electron chi connectivity index (χ1n) is 7.14. The van der Waals surface area contributed by atoms with E-state index in [1.807, 2.05) is 37.9 Å². The fraction of sp³-hybridized carbons (Fsp3) is 0.562. The second-order valence-corrected chi connectivity index (χ2v) is 5.57. The van der Waals surface area contributed by atoms with E-state index in [1.54, 1.807) is 0 Å². The first-order valence-corrected chi connectivity index (χ1v) is 7.14. The van der Waals surface area contributed by atoms with Crippen molar-refractivity contribution in [3.8, 4) is 0 Å². The quantitative estimate of drug-likeness (QED) is 0.886. The number of hydrogen-bond donors (Lipinski definition) is 1. The normalized spacial score (nSPS) is 19.8. The average molecular weight is 260 g/mol. The minimum atomic E-state index is 0.160. The number of carbonyl (C=O) groups excluding carboxylic acids is 1. The van der Waals surface area contributed by atoms with Crippen LogP contribution in [0.4, 0.5) is 0 Å². The van der Waals surface area contributed by atoms with Gasteiger partial charge in [0.15, 0.2) is 0 Å². The number of aryl methyl sites for hydroxylation is 2. The molecule has 1 aliphatic rings. The lowest BCUT2D eigenvalue weighted by Crippen LogP contribution is -2.37. The number of rotatable bonds is 2. The highest BCUT2D eigenvalue weighted by molar-refractivity contribution is 5.95. The van der Waals surface area contributed by atoms with Crippen molar-refractivity contribution >= 4 is 5.91 Å². The molecule has 1 N–H and O–H groups in total. The van der Waals surface area contributed by atoms with Gasteiger partial charge in [0.2, 0.25) is 0 Å². The van der Waals surface area contributed by atoms with Gasteiger partial charge in [-0.1, -0.05) is 17.7 Å². The van der Waals surface area contributed by atoms with E-state index < -0.39 is 0 Å². The first-order chi connectivity index (χ1) is 9.09. The summed E-state index contributed by atoms with van der Waals surface area (Å²) in [6.45, 7) is 6.12. The van der Waals surface area contributed by atoms with Crippen molar-refractivity contribution in [2.45, 2.75) is 39.2 Å². The molecular formula is C16H24N2O. The van der Waals surface area contributed by atoms with E-state index in [-0.39, 0.29) is 5.91 Å². The highest BCUT2D eigenvalue weighted by atomic mass is 16.2. The van der Waals surface area contributed by atoms with Crippen molar-refractivity contribution in [1.29, 1.82) is 0 Å². The summed E-state index contributed by atoms with van der Waals surface area (Å²) in [5.41, 5.74) is 3.05. The van der Waals surface area contributed by atoms with E-state index in [4.69, 9.17) is 0 Å². The molecule has 3 nitrogen and oxygen atoms in total. The van der Waals surface area contributed by atoms with E-state index in [2.05, 4.69) is 11.4 Å². The van der Waals surface area contributed by atoms with Crippen LogP contribution in [-0.4, -0.2) is 37.0 Å². The SMILES string of the molecule is Cc1ccc(C)c(C(=O)N(C)C2CCCNCC2)c1. The van der Waals surface area contributed by atoms with E-state index in [9.17, 15) is 4.79 Å². The van der Waals surface area contributed by atoms with Gasteiger partial charge < -0.3 is 10.2 Å². The Hall–Kier alpha value is -1.35. The summed E-state index contributed by atoms with van der Waals surface area (Å²) in [6.07, 6.45) is 3.29. The molecule has 3 heteroatoms. The highest BCUT2D eigenvalue weighted by Gasteiger charge is 2.23. The fourth-order valence-corrected chi connectivity index (χ4v) is 2.71. The Kier molecular flexibility index (Phi) is 4.59. The maximum Gasteiger partial charge on any atom is 0.254 e. The van der Waals surface area contributed by atoms with Gasteiger partial charge in [-0.05, 0) is 57.8 Å². The molecule has 0 spiro atoms. The molecule has 1 aromatic rings. The predicted molar refractivity (Wildman–Crippen MR) is 78.5 cm³/mol. The van der Waals surface area contributed by atoms with Crippen molar-refractivity contribution in [2.24, 2.45) is 0 Å². The topological polar surface area (TPSA) is 32.3 Å². The highest BCUT2D eigenvalue weighted by Crippen LogP contribution is 2.18. The largest absolute Gasteiger partial charge is 0.339 e. The van der Waals surface area contributed by atoms with Crippen molar-refractivity contribution < 1.29 is 4.79 Å². The summed E-state index contributed by atoms with van der Waals surface area (Å²) < 4.78 is 0. The van der Waals surface area contributed by atoms with Gasteiger partial charge in [0.1, 0.15) is 0 Å². The van der Waals surface area contributed by atoms with Gasteiger partial charge in [-0.3, -0.25) is 4.79 Å². The van der Waals surface area contributed by atoms with Gasteiger partial charge in [-0.25, -0.2) is 0 Å². The molecule has 0 aliphatic carbocycles. The average Bonchev–Trinajstić information content (AvgIpc) is 2.69. The third-order valence-electron chi connectivity index (χ3n) is 4.04. The van der Waals surface area contributed by atoms with Gasteiger partial charge in [-0.15, -0.1) is 0 Å². The number of amides is 1. The zero-order chi connectivity index (χ0) is 13.8. The third-order valence-corrected chi connectivity index (χ3v) is 4.04. The maximum atomic E-state index is 12.6. The third kappa shape index (κ3) is 3.35. The molecule has 1 aromatic carbocycles. The van der Waals surface area contributed by atoms with Crippen LogP contribution in [0.3, 0.4) is 0 Å². The molecule has 104 valence electrons. The molecule has 0 bridgehead atoms. The molecule has 1 atom stereocenters. The lowest BCUT2D eigenvalue weighted by molar-refractivity contribution is 0.0719. The lowest BCUT2D eigenvalue weighted by atomic mass is 10.0. The minimum Gasteiger partial charge on any atom is -0.339 e. The Morgan fingerprint density at radius 3 is 2.84 bits per heavy atom. The number of nitrogens with zero attached hydrogens (tertiary/aromatic N) is 1. The Morgan fingerprint density at radius 1 is 1.26 bits per heavy atom. The molecule has 0 saturated carbocycles. The molecule has 1 amide bonds. The molecule has 1 aliphatic heterocycles.